The summed E-state index contributed by atoms with van der Waals surface area (Å²) < 4.78 is 11.1. The van der Waals surface area contributed by atoms with Crippen LogP contribution < -0.4 is 19.7 Å². The van der Waals surface area contributed by atoms with Crippen molar-refractivity contribution >= 4 is 34.4 Å². The number of fused-ring (bicyclic) bond motifs is 7. The van der Waals surface area contributed by atoms with Gasteiger partial charge in [-0.05, 0) is 68.3 Å². The quantitative estimate of drug-likeness (QED) is 0.285. The molecule has 4 atom stereocenters. The minimum absolute atomic E-state index is 0.0702. The largest absolute Gasteiger partial charge is 0.454 e. The van der Waals surface area contributed by atoms with Crippen molar-refractivity contribution in [3.63, 3.8) is 0 Å². The summed E-state index contributed by atoms with van der Waals surface area (Å²) in [6, 6.07) is 24.6. The van der Waals surface area contributed by atoms with E-state index in [0.717, 1.165) is 33.5 Å². The van der Waals surface area contributed by atoms with E-state index in [1.165, 1.54) is 0 Å². The van der Waals surface area contributed by atoms with Gasteiger partial charge in [-0.25, -0.2) is 0 Å². The Morgan fingerprint density at radius 3 is 2.36 bits per heavy atom. The van der Waals surface area contributed by atoms with Gasteiger partial charge in [0.2, 0.25) is 12.7 Å². The number of rotatable bonds is 4. The van der Waals surface area contributed by atoms with Gasteiger partial charge in [-0.1, -0.05) is 65.7 Å². The molecule has 0 unspecified atom stereocenters. The number of hydrogen-bond donors (Lipinski definition) is 1. The maximum atomic E-state index is 15.1. The number of benzene rings is 4. The highest BCUT2D eigenvalue weighted by Gasteiger charge is 2.70. The molecule has 1 N–H and O–H groups in total. The van der Waals surface area contributed by atoms with Crippen LogP contribution in [-0.2, 0) is 10.2 Å². The Labute approximate surface area is 255 Å². The molecule has 4 heterocycles. The van der Waals surface area contributed by atoms with Crippen LogP contribution in [0.3, 0.4) is 0 Å². The lowest BCUT2D eigenvalue weighted by atomic mass is 9.64. The van der Waals surface area contributed by atoms with Crippen molar-refractivity contribution in [2.24, 2.45) is 5.92 Å². The van der Waals surface area contributed by atoms with E-state index in [9.17, 15) is 9.59 Å². The predicted octanol–water partition coefficient (Wildman–Crippen LogP) is 6.28. The van der Waals surface area contributed by atoms with Crippen molar-refractivity contribution in [1.82, 2.24) is 0 Å². The molecule has 4 aliphatic heterocycles. The zero-order chi connectivity index (χ0) is 30.3. The molecule has 8 rings (SSSR count). The van der Waals surface area contributed by atoms with E-state index in [1.807, 2.05) is 86.3 Å². The molecule has 4 aromatic rings. The zero-order valence-electron chi connectivity index (χ0n) is 24.6. The van der Waals surface area contributed by atoms with E-state index in [1.54, 1.807) is 18.2 Å². The van der Waals surface area contributed by atoms with Crippen LogP contribution in [0.4, 0.5) is 11.4 Å². The lowest BCUT2D eigenvalue weighted by molar-refractivity contribution is -0.121. The molecule has 0 aliphatic carbocycles. The molecule has 1 fully saturated rings. The van der Waals surface area contributed by atoms with Gasteiger partial charge in [0.1, 0.15) is 11.5 Å². The van der Waals surface area contributed by atoms with Crippen molar-refractivity contribution in [2.45, 2.75) is 38.3 Å². The lowest BCUT2D eigenvalue weighted by Gasteiger charge is -2.39. The molecule has 1 saturated heterocycles. The lowest BCUT2D eigenvalue weighted by Crippen LogP contribution is -2.51. The first kappa shape index (κ1) is 26.5. The zero-order valence-corrected chi connectivity index (χ0v) is 24.6. The summed E-state index contributed by atoms with van der Waals surface area (Å²) in [5.41, 5.74) is 5.79. The first-order valence-electron chi connectivity index (χ1n) is 14.8. The van der Waals surface area contributed by atoms with E-state index < -0.39 is 23.4 Å². The number of nitrogens with zero attached hydrogens (tertiary/aromatic N) is 1. The highest BCUT2D eigenvalue weighted by molar-refractivity contribution is 6.18. The Morgan fingerprint density at radius 2 is 1.55 bits per heavy atom. The third-order valence-corrected chi connectivity index (χ3v) is 9.68. The van der Waals surface area contributed by atoms with E-state index in [0.29, 0.717) is 28.3 Å². The third kappa shape index (κ3) is 3.52. The predicted molar refractivity (Wildman–Crippen MR) is 168 cm³/mol. The minimum atomic E-state index is -1.38. The number of hydrogen-bond acceptors (Lipinski definition) is 6. The van der Waals surface area contributed by atoms with Gasteiger partial charge in [0.15, 0.2) is 23.1 Å². The van der Waals surface area contributed by atoms with E-state index in [2.05, 4.69) is 17.5 Å². The number of nitrogens with one attached hydrogen (secondary N) is 1. The fraction of sp³-hybridized carbons (Fsp3) is 0.216. The van der Waals surface area contributed by atoms with Crippen LogP contribution in [-0.4, -0.2) is 36.4 Å². The van der Waals surface area contributed by atoms with Crippen LogP contribution in [0.25, 0.3) is 5.57 Å². The normalized spacial score (nSPS) is 24.0. The summed E-state index contributed by atoms with van der Waals surface area (Å²) in [6.45, 7) is 6.11. The van der Waals surface area contributed by atoms with Crippen LogP contribution in [0.1, 0.15) is 49.9 Å². The number of aryl methyl sites for hydroxylation is 2. The van der Waals surface area contributed by atoms with Crippen molar-refractivity contribution in [3.05, 3.63) is 124 Å². The molecule has 0 bridgehead atoms. The maximum absolute atomic E-state index is 15.1. The van der Waals surface area contributed by atoms with E-state index in [4.69, 9.17) is 9.47 Å². The highest BCUT2D eigenvalue weighted by atomic mass is 16.7. The molecule has 4 aliphatic rings. The van der Waals surface area contributed by atoms with Crippen molar-refractivity contribution in [2.75, 3.05) is 17.0 Å². The van der Waals surface area contributed by atoms with Gasteiger partial charge in [-0.2, -0.15) is 0 Å². The topological polar surface area (TPSA) is 84.9 Å². The average Bonchev–Trinajstić information content (AvgIpc) is 3.70. The number of carbonyl (C=O) groups is 3. The molecular weight excluding hydrogens is 552 g/mol. The maximum Gasteiger partial charge on any atom is 0.238 e. The minimum Gasteiger partial charge on any atom is -0.454 e. The van der Waals surface area contributed by atoms with Gasteiger partial charge in [0.05, 0.1) is 12.0 Å². The van der Waals surface area contributed by atoms with E-state index >= 15 is 4.79 Å². The second kappa shape index (κ2) is 9.41. The molecule has 4 aromatic carbocycles. The fourth-order valence-corrected chi connectivity index (χ4v) is 7.66. The fourth-order valence-electron chi connectivity index (χ4n) is 7.66. The summed E-state index contributed by atoms with van der Waals surface area (Å²) in [5, 5.41) is 3.09. The van der Waals surface area contributed by atoms with Gasteiger partial charge in [0, 0.05) is 28.1 Å². The second-order valence-corrected chi connectivity index (χ2v) is 12.2. The molecule has 1 amide bonds. The van der Waals surface area contributed by atoms with Crippen LogP contribution >= 0.6 is 0 Å². The monoisotopic (exact) mass is 582 g/mol. The van der Waals surface area contributed by atoms with Gasteiger partial charge in [-0.15, -0.1) is 0 Å². The van der Waals surface area contributed by atoms with Crippen molar-refractivity contribution in [1.29, 1.82) is 0 Å². The molecule has 7 heteroatoms. The van der Waals surface area contributed by atoms with Gasteiger partial charge in [-0.3, -0.25) is 14.4 Å². The Morgan fingerprint density at radius 1 is 0.818 bits per heavy atom. The molecule has 0 radical (unpaired) electrons. The van der Waals surface area contributed by atoms with Crippen LogP contribution in [0, 0.1) is 19.8 Å². The summed E-state index contributed by atoms with van der Waals surface area (Å²) in [4.78, 5) is 46.6. The summed E-state index contributed by atoms with van der Waals surface area (Å²) in [7, 11) is 0. The Kier molecular flexibility index (Phi) is 5.66. The smallest absolute Gasteiger partial charge is 0.238 e. The standard InChI is InChI=1S/C37H30N2O5/c1-20-8-11-23(12-9-20)35(41)33-32(34(40)24-13-15-29-30(18-24)44-19-43-29)37(26-6-4-5-7-27(26)38-36(37)42)31-17-22(3)25-16-21(2)10-14-28(25)39(31)33/h4-18,31-33H,19H2,1-3H3,(H,38,42)/t31-,32+,33-,37+/m0/s1. The van der Waals surface area contributed by atoms with Crippen molar-refractivity contribution in [3.8, 4) is 11.5 Å². The molecular formula is C37H30N2O5. The molecule has 7 nitrogen and oxygen atoms in total. The van der Waals surface area contributed by atoms with Gasteiger partial charge < -0.3 is 19.7 Å². The summed E-state index contributed by atoms with van der Waals surface area (Å²) >= 11 is 0. The van der Waals surface area contributed by atoms with E-state index in [-0.39, 0.29) is 24.3 Å². The van der Waals surface area contributed by atoms with Gasteiger partial charge >= 0.3 is 0 Å². The number of amides is 1. The number of ketones is 2. The van der Waals surface area contributed by atoms with Gasteiger partial charge in [0.25, 0.3) is 0 Å². The second-order valence-electron chi connectivity index (χ2n) is 12.2. The summed E-state index contributed by atoms with van der Waals surface area (Å²) in [6.07, 6.45) is 2.08. The molecule has 1 spiro atoms. The molecule has 44 heavy (non-hydrogen) atoms. The Bertz CT molecular complexity index is 1940. The number of Topliss-reactive ketones (excluding diaryl/α,β-unsaturated/α-hetero) is 2. The number of allylic oxidation sites excluding steroid dienone is 1. The number of carbonyl (C=O) groups excluding carboxylic acids is 3. The van der Waals surface area contributed by atoms with Crippen LogP contribution in [0.15, 0.2) is 91.0 Å². The first-order valence-corrected chi connectivity index (χ1v) is 14.8. The number of ether oxygens (including phenoxy) is 2. The number of anilines is 2. The van der Waals surface area contributed by atoms with Crippen LogP contribution in [0.2, 0.25) is 0 Å². The molecule has 0 aromatic heterocycles. The SMILES string of the molecule is CC1=C[C@@H]2N(c3ccc(C)cc31)[C@H](C(=O)c1ccc(C)cc1)[C@H](C(=O)c1ccc3c(c1)OCO3)[C@]21C(=O)Nc2ccccc21. The first-order chi connectivity index (χ1) is 21.3. The van der Waals surface area contributed by atoms with Crippen LogP contribution in [0.5, 0.6) is 11.5 Å². The summed E-state index contributed by atoms with van der Waals surface area (Å²) in [5.74, 6) is -0.820. The number of para-hydroxylation sites is 1. The highest BCUT2D eigenvalue weighted by Crippen LogP contribution is 2.59. The Hall–Kier alpha value is -5.17. The Balaban J connectivity index is 1.43. The molecule has 0 saturated carbocycles. The van der Waals surface area contributed by atoms with Crippen molar-refractivity contribution < 1.29 is 23.9 Å². The average molecular weight is 583 g/mol. The third-order valence-electron chi connectivity index (χ3n) is 9.68. The molecule has 218 valence electrons.